The summed E-state index contributed by atoms with van der Waals surface area (Å²) < 4.78 is 25.4. The van der Waals surface area contributed by atoms with Crippen LogP contribution in [0.15, 0.2) is 24.5 Å². The maximum Gasteiger partial charge on any atom is 0.252 e. The van der Waals surface area contributed by atoms with E-state index in [4.69, 9.17) is 0 Å². The molecule has 1 unspecified atom stereocenters. The number of amides is 1. The van der Waals surface area contributed by atoms with Gasteiger partial charge in [-0.25, -0.2) is 8.78 Å². The molecule has 1 atom stereocenters. The highest BCUT2D eigenvalue weighted by Crippen LogP contribution is 2.51. The van der Waals surface area contributed by atoms with Crippen molar-refractivity contribution in [1.82, 2.24) is 9.88 Å². The zero-order valence-electron chi connectivity index (χ0n) is 9.85. The Hall–Kier alpha value is -1.52. The van der Waals surface area contributed by atoms with Crippen LogP contribution in [0.5, 0.6) is 0 Å². The summed E-state index contributed by atoms with van der Waals surface area (Å²) >= 11 is 0. The molecule has 0 N–H and O–H groups in total. The summed E-state index contributed by atoms with van der Waals surface area (Å²) in [7, 11) is 0. The number of alkyl halides is 2. The molecular weight excluding hydrogens is 238 g/mol. The fourth-order valence-corrected chi connectivity index (χ4v) is 2.36. The first kappa shape index (κ1) is 11.6. The highest BCUT2D eigenvalue weighted by molar-refractivity contribution is 5.78. The Labute approximate surface area is 104 Å². The summed E-state index contributed by atoms with van der Waals surface area (Å²) in [6.07, 6.45) is 3.32. The van der Waals surface area contributed by atoms with Gasteiger partial charge in [-0.2, -0.15) is 0 Å². The average molecular weight is 252 g/mol. The second-order valence-electron chi connectivity index (χ2n) is 5.14. The molecule has 1 aliphatic carbocycles. The van der Waals surface area contributed by atoms with Crippen molar-refractivity contribution in [2.45, 2.75) is 24.7 Å². The van der Waals surface area contributed by atoms with Gasteiger partial charge in [-0.15, -0.1) is 0 Å². The minimum Gasteiger partial charge on any atom is -0.341 e. The van der Waals surface area contributed by atoms with Crippen molar-refractivity contribution in [3.05, 3.63) is 30.1 Å². The lowest BCUT2D eigenvalue weighted by molar-refractivity contribution is -0.136. The summed E-state index contributed by atoms with van der Waals surface area (Å²) in [6, 6.07) is 3.86. The van der Waals surface area contributed by atoms with Crippen LogP contribution in [-0.2, 0) is 4.79 Å². The maximum absolute atomic E-state index is 12.7. The molecule has 2 fully saturated rings. The highest BCUT2D eigenvalue weighted by atomic mass is 19.3. The first-order valence-corrected chi connectivity index (χ1v) is 6.12. The highest BCUT2D eigenvalue weighted by Gasteiger charge is 2.57. The number of pyridine rings is 1. The number of hydrogen-bond acceptors (Lipinski definition) is 2. The van der Waals surface area contributed by atoms with E-state index < -0.39 is 11.8 Å². The van der Waals surface area contributed by atoms with Crippen LogP contribution in [0.1, 0.15) is 24.3 Å². The molecule has 1 saturated heterocycles. The zero-order valence-corrected chi connectivity index (χ0v) is 9.85. The van der Waals surface area contributed by atoms with Crippen LogP contribution >= 0.6 is 0 Å². The molecule has 0 radical (unpaired) electrons. The molecule has 1 aromatic rings. The molecule has 96 valence electrons. The third kappa shape index (κ3) is 2.09. The van der Waals surface area contributed by atoms with E-state index in [0.29, 0.717) is 19.0 Å². The van der Waals surface area contributed by atoms with Crippen LogP contribution in [0.4, 0.5) is 8.78 Å². The zero-order chi connectivity index (χ0) is 12.8. The predicted molar refractivity (Wildman–Crippen MR) is 61.2 cm³/mol. The molecule has 3 nitrogen and oxygen atoms in total. The number of halogens is 2. The van der Waals surface area contributed by atoms with Crippen molar-refractivity contribution in [2.24, 2.45) is 5.92 Å². The number of rotatable bonds is 3. The molecule has 1 amide bonds. The topological polar surface area (TPSA) is 33.2 Å². The van der Waals surface area contributed by atoms with Gasteiger partial charge in [0, 0.05) is 50.2 Å². The molecule has 0 bridgehead atoms. The van der Waals surface area contributed by atoms with E-state index in [2.05, 4.69) is 4.98 Å². The third-order valence-electron chi connectivity index (χ3n) is 3.79. The molecule has 3 rings (SSSR count). The largest absolute Gasteiger partial charge is 0.341 e. The molecule has 1 aliphatic heterocycles. The quantitative estimate of drug-likeness (QED) is 0.825. The molecule has 2 heterocycles. The van der Waals surface area contributed by atoms with Gasteiger partial charge in [0.2, 0.25) is 5.91 Å². The Morgan fingerprint density at radius 3 is 2.56 bits per heavy atom. The molecule has 1 aromatic heterocycles. The summed E-state index contributed by atoms with van der Waals surface area (Å²) in [5, 5.41) is 0. The Morgan fingerprint density at radius 1 is 1.39 bits per heavy atom. The normalized spacial score (nSPS) is 25.7. The first-order valence-electron chi connectivity index (χ1n) is 6.12. The summed E-state index contributed by atoms with van der Waals surface area (Å²) in [5.41, 5.74) is 1.16. The Balaban J connectivity index is 1.49. The van der Waals surface area contributed by atoms with Crippen LogP contribution in [0, 0.1) is 5.92 Å². The van der Waals surface area contributed by atoms with Gasteiger partial charge in [-0.1, -0.05) is 0 Å². The molecule has 18 heavy (non-hydrogen) atoms. The van der Waals surface area contributed by atoms with E-state index in [0.717, 1.165) is 5.56 Å². The molecular formula is C13H14F2N2O. The minimum atomic E-state index is -2.59. The van der Waals surface area contributed by atoms with Crippen molar-refractivity contribution in [3.63, 3.8) is 0 Å². The second kappa shape index (κ2) is 4.00. The van der Waals surface area contributed by atoms with Crippen molar-refractivity contribution in [3.8, 4) is 0 Å². The van der Waals surface area contributed by atoms with Gasteiger partial charge in [-0.3, -0.25) is 9.78 Å². The van der Waals surface area contributed by atoms with Crippen molar-refractivity contribution in [2.75, 3.05) is 13.1 Å². The van der Waals surface area contributed by atoms with Gasteiger partial charge in [-0.05, 0) is 17.7 Å². The fourth-order valence-electron chi connectivity index (χ4n) is 2.36. The minimum absolute atomic E-state index is 0.00390. The predicted octanol–water partition coefficient (Wildman–Crippen LogP) is 2.05. The van der Waals surface area contributed by atoms with Gasteiger partial charge in [0.1, 0.15) is 0 Å². The van der Waals surface area contributed by atoms with E-state index in [9.17, 15) is 13.6 Å². The fraction of sp³-hybridized carbons (Fsp3) is 0.538. The molecule has 0 spiro atoms. The van der Waals surface area contributed by atoms with E-state index in [-0.39, 0.29) is 18.7 Å². The van der Waals surface area contributed by atoms with Gasteiger partial charge >= 0.3 is 0 Å². The van der Waals surface area contributed by atoms with Crippen LogP contribution < -0.4 is 0 Å². The van der Waals surface area contributed by atoms with E-state index in [1.165, 1.54) is 0 Å². The van der Waals surface area contributed by atoms with Gasteiger partial charge in [0.05, 0.1) is 0 Å². The molecule has 5 heteroatoms. The SMILES string of the molecule is O=C(CC1CC1(F)F)N1CC(c2ccncc2)C1. The molecule has 0 aromatic carbocycles. The monoisotopic (exact) mass is 252 g/mol. The number of carbonyl (C=O) groups is 1. The van der Waals surface area contributed by atoms with E-state index in [1.54, 1.807) is 17.3 Å². The van der Waals surface area contributed by atoms with Crippen molar-refractivity contribution in [1.29, 1.82) is 0 Å². The number of carbonyl (C=O) groups excluding carboxylic acids is 1. The summed E-state index contributed by atoms with van der Waals surface area (Å²) in [4.78, 5) is 17.3. The van der Waals surface area contributed by atoms with Crippen molar-refractivity contribution < 1.29 is 13.6 Å². The van der Waals surface area contributed by atoms with Gasteiger partial charge < -0.3 is 4.90 Å². The van der Waals surface area contributed by atoms with E-state index in [1.807, 2.05) is 12.1 Å². The van der Waals surface area contributed by atoms with Crippen LogP contribution in [0.3, 0.4) is 0 Å². The Kier molecular flexibility index (Phi) is 2.57. The van der Waals surface area contributed by atoms with Gasteiger partial charge in [0.25, 0.3) is 5.92 Å². The van der Waals surface area contributed by atoms with Gasteiger partial charge in [0.15, 0.2) is 0 Å². The van der Waals surface area contributed by atoms with Crippen LogP contribution in [0.2, 0.25) is 0 Å². The smallest absolute Gasteiger partial charge is 0.252 e. The third-order valence-corrected chi connectivity index (χ3v) is 3.79. The standard InChI is InChI=1S/C13H14F2N2O/c14-13(15)6-11(13)5-12(18)17-7-10(8-17)9-1-3-16-4-2-9/h1-4,10-11H,5-8H2. The Morgan fingerprint density at radius 2 is 2.00 bits per heavy atom. The Bertz CT molecular complexity index is 457. The molecule has 1 saturated carbocycles. The lowest BCUT2D eigenvalue weighted by Crippen LogP contribution is -2.48. The summed E-state index contributed by atoms with van der Waals surface area (Å²) in [6.45, 7) is 1.28. The lowest BCUT2D eigenvalue weighted by Gasteiger charge is -2.39. The first-order chi connectivity index (χ1) is 8.56. The number of nitrogens with zero attached hydrogens (tertiary/aromatic N) is 2. The number of likely N-dealkylation sites (tertiary alicyclic amines) is 1. The lowest BCUT2D eigenvalue weighted by atomic mass is 9.92. The number of hydrogen-bond donors (Lipinski definition) is 0. The van der Waals surface area contributed by atoms with Crippen molar-refractivity contribution >= 4 is 5.91 Å². The maximum atomic E-state index is 12.7. The van der Waals surface area contributed by atoms with E-state index >= 15 is 0 Å². The van der Waals surface area contributed by atoms with Crippen LogP contribution in [-0.4, -0.2) is 34.8 Å². The van der Waals surface area contributed by atoms with Crippen LogP contribution in [0.25, 0.3) is 0 Å². The molecule has 2 aliphatic rings. The average Bonchev–Trinajstić information content (AvgIpc) is 2.85. The second-order valence-corrected chi connectivity index (χ2v) is 5.14. The summed E-state index contributed by atoms with van der Waals surface area (Å²) in [5.74, 6) is -3.12. The number of aromatic nitrogens is 1.